The van der Waals surface area contributed by atoms with Gasteiger partial charge in [0.15, 0.2) is 0 Å². The summed E-state index contributed by atoms with van der Waals surface area (Å²) in [6.07, 6.45) is -3.11. The van der Waals surface area contributed by atoms with Crippen molar-refractivity contribution in [3.63, 3.8) is 0 Å². The van der Waals surface area contributed by atoms with Gasteiger partial charge in [-0.2, -0.15) is 13.2 Å². The van der Waals surface area contributed by atoms with Crippen LogP contribution in [-0.4, -0.2) is 17.7 Å². The average Bonchev–Trinajstić information content (AvgIpc) is 2.26. The standard InChI is InChI=1S/C11H11F3N2/c1-4-9-5-8(11(12,13)14)6-10(16-9)7(2)15-3/h4-6H,1H2,2-3H3. The first-order valence-corrected chi connectivity index (χ1v) is 4.54. The van der Waals surface area contributed by atoms with Crippen molar-refractivity contribution in [2.75, 3.05) is 7.05 Å². The molecule has 0 N–H and O–H groups in total. The monoisotopic (exact) mass is 228 g/mol. The first-order chi connectivity index (χ1) is 7.38. The number of nitrogens with zero attached hydrogens (tertiary/aromatic N) is 2. The highest BCUT2D eigenvalue weighted by Gasteiger charge is 2.31. The summed E-state index contributed by atoms with van der Waals surface area (Å²) < 4.78 is 37.6. The number of hydrogen-bond acceptors (Lipinski definition) is 2. The molecule has 1 heterocycles. The number of pyridine rings is 1. The molecule has 0 bridgehead atoms. The van der Waals surface area contributed by atoms with Crippen LogP contribution in [0.2, 0.25) is 0 Å². The Labute approximate surface area is 91.5 Å². The van der Waals surface area contributed by atoms with Crippen LogP contribution in [0.5, 0.6) is 0 Å². The van der Waals surface area contributed by atoms with E-state index in [0.717, 1.165) is 12.1 Å². The molecule has 0 spiro atoms. The van der Waals surface area contributed by atoms with E-state index in [-0.39, 0.29) is 11.4 Å². The lowest BCUT2D eigenvalue weighted by atomic mass is 10.1. The Morgan fingerprint density at radius 3 is 2.50 bits per heavy atom. The maximum absolute atomic E-state index is 12.5. The van der Waals surface area contributed by atoms with Gasteiger partial charge in [0.1, 0.15) is 0 Å². The molecule has 0 aliphatic rings. The van der Waals surface area contributed by atoms with Crippen molar-refractivity contribution in [1.29, 1.82) is 0 Å². The average molecular weight is 228 g/mol. The fraction of sp³-hybridized carbons (Fsp3) is 0.273. The first-order valence-electron chi connectivity index (χ1n) is 4.54. The molecule has 1 aromatic rings. The van der Waals surface area contributed by atoms with Crippen molar-refractivity contribution in [3.8, 4) is 0 Å². The maximum atomic E-state index is 12.5. The van der Waals surface area contributed by atoms with Gasteiger partial charge in [-0.15, -0.1) is 0 Å². The minimum atomic E-state index is -4.39. The second-order valence-electron chi connectivity index (χ2n) is 3.18. The van der Waals surface area contributed by atoms with E-state index in [2.05, 4.69) is 16.6 Å². The molecule has 16 heavy (non-hydrogen) atoms. The summed E-state index contributed by atoms with van der Waals surface area (Å²) in [5.41, 5.74) is 0.115. The Kier molecular flexibility index (Phi) is 3.47. The molecule has 0 aromatic carbocycles. The van der Waals surface area contributed by atoms with Gasteiger partial charge in [0, 0.05) is 7.05 Å². The molecule has 0 saturated heterocycles. The van der Waals surface area contributed by atoms with Gasteiger partial charge in [0.05, 0.1) is 22.7 Å². The lowest BCUT2D eigenvalue weighted by molar-refractivity contribution is -0.137. The molecular weight excluding hydrogens is 217 g/mol. The summed E-state index contributed by atoms with van der Waals surface area (Å²) in [7, 11) is 1.50. The van der Waals surface area contributed by atoms with Crippen LogP contribution in [0, 0.1) is 0 Å². The van der Waals surface area contributed by atoms with Gasteiger partial charge in [0.25, 0.3) is 0 Å². The smallest absolute Gasteiger partial charge is 0.291 e. The molecule has 0 unspecified atom stereocenters. The van der Waals surface area contributed by atoms with Gasteiger partial charge in [-0.25, -0.2) is 4.98 Å². The van der Waals surface area contributed by atoms with Gasteiger partial charge in [0.2, 0.25) is 0 Å². The van der Waals surface area contributed by atoms with Crippen molar-refractivity contribution < 1.29 is 13.2 Å². The van der Waals surface area contributed by atoms with E-state index in [4.69, 9.17) is 0 Å². The molecular formula is C11H11F3N2. The number of alkyl halides is 3. The van der Waals surface area contributed by atoms with E-state index >= 15 is 0 Å². The molecule has 86 valence electrons. The number of hydrogen-bond donors (Lipinski definition) is 0. The molecule has 0 radical (unpaired) electrons. The van der Waals surface area contributed by atoms with Gasteiger partial charge in [-0.3, -0.25) is 4.99 Å². The largest absolute Gasteiger partial charge is 0.416 e. The molecule has 0 saturated carbocycles. The molecule has 0 atom stereocenters. The lowest BCUT2D eigenvalue weighted by Gasteiger charge is -2.09. The summed E-state index contributed by atoms with van der Waals surface area (Å²) in [4.78, 5) is 7.80. The summed E-state index contributed by atoms with van der Waals surface area (Å²) in [5.74, 6) is 0. The zero-order chi connectivity index (χ0) is 12.3. The predicted molar refractivity (Wildman–Crippen MR) is 57.5 cm³/mol. The molecule has 5 heteroatoms. The van der Waals surface area contributed by atoms with Crippen molar-refractivity contribution in [3.05, 3.63) is 35.7 Å². The van der Waals surface area contributed by atoms with Gasteiger partial charge in [-0.1, -0.05) is 6.58 Å². The minimum absolute atomic E-state index is 0.188. The second-order valence-corrected chi connectivity index (χ2v) is 3.18. The molecule has 1 rings (SSSR count). The van der Waals surface area contributed by atoms with Crippen LogP contribution in [0.1, 0.15) is 23.9 Å². The highest BCUT2D eigenvalue weighted by molar-refractivity contribution is 5.97. The van der Waals surface area contributed by atoms with Crippen molar-refractivity contribution in [1.82, 2.24) is 4.98 Å². The zero-order valence-corrected chi connectivity index (χ0v) is 8.97. The van der Waals surface area contributed by atoms with Crippen LogP contribution in [0.15, 0.2) is 23.7 Å². The third-order valence-electron chi connectivity index (χ3n) is 2.09. The van der Waals surface area contributed by atoms with Crippen molar-refractivity contribution in [2.24, 2.45) is 4.99 Å². The summed E-state index contributed by atoms with van der Waals surface area (Å²) in [6, 6.07) is 1.94. The molecule has 0 aliphatic carbocycles. The van der Waals surface area contributed by atoms with Crippen LogP contribution in [0.3, 0.4) is 0 Å². The van der Waals surface area contributed by atoms with E-state index < -0.39 is 11.7 Å². The minimum Gasteiger partial charge on any atom is -0.291 e. The lowest BCUT2D eigenvalue weighted by Crippen LogP contribution is -2.09. The summed E-state index contributed by atoms with van der Waals surface area (Å²) in [5, 5.41) is 0. The molecule has 0 amide bonds. The maximum Gasteiger partial charge on any atom is 0.416 e. The SMILES string of the molecule is C=Cc1cc(C(F)(F)F)cc(C(C)=NC)n1. The normalized spacial score (nSPS) is 12.7. The van der Waals surface area contributed by atoms with E-state index in [0.29, 0.717) is 5.71 Å². The highest BCUT2D eigenvalue weighted by atomic mass is 19.4. The Hall–Kier alpha value is -1.65. The van der Waals surface area contributed by atoms with Gasteiger partial charge >= 0.3 is 6.18 Å². The zero-order valence-electron chi connectivity index (χ0n) is 8.97. The van der Waals surface area contributed by atoms with E-state index in [1.165, 1.54) is 13.1 Å². The number of halogens is 3. The molecule has 2 nitrogen and oxygen atoms in total. The quantitative estimate of drug-likeness (QED) is 0.713. The third-order valence-corrected chi connectivity index (χ3v) is 2.09. The van der Waals surface area contributed by atoms with E-state index in [1.54, 1.807) is 6.92 Å². The van der Waals surface area contributed by atoms with Crippen molar-refractivity contribution >= 4 is 11.8 Å². The number of aliphatic imine (C=N–C) groups is 1. The Morgan fingerprint density at radius 1 is 1.44 bits per heavy atom. The van der Waals surface area contributed by atoms with Crippen LogP contribution >= 0.6 is 0 Å². The fourth-order valence-electron chi connectivity index (χ4n) is 1.12. The topological polar surface area (TPSA) is 25.2 Å². The molecule has 0 fully saturated rings. The predicted octanol–water partition coefficient (Wildman–Crippen LogP) is 3.18. The summed E-state index contributed by atoms with van der Waals surface area (Å²) in [6.45, 7) is 5.02. The fourth-order valence-corrected chi connectivity index (χ4v) is 1.12. The Bertz CT molecular complexity index is 433. The van der Waals surface area contributed by atoms with Crippen LogP contribution in [0.25, 0.3) is 6.08 Å². The van der Waals surface area contributed by atoms with Crippen LogP contribution < -0.4 is 0 Å². The van der Waals surface area contributed by atoms with Crippen molar-refractivity contribution in [2.45, 2.75) is 13.1 Å². The van der Waals surface area contributed by atoms with E-state index in [1.807, 2.05) is 0 Å². The molecule has 0 aliphatic heterocycles. The Balaban J connectivity index is 3.38. The number of rotatable bonds is 2. The van der Waals surface area contributed by atoms with E-state index in [9.17, 15) is 13.2 Å². The second kappa shape index (κ2) is 4.47. The number of aromatic nitrogens is 1. The summed E-state index contributed by atoms with van der Waals surface area (Å²) >= 11 is 0. The highest BCUT2D eigenvalue weighted by Crippen LogP contribution is 2.30. The third kappa shape index (κ3) is 2.68. The Morgan fingerprint density at radius 2 is 2.06 bits per heavy atom. The van der Waals surface area contributed by atoms with Gasteiger partial charge in [-0.05, 0) is 25.1 Å². The van der Waals surface area contributed by atoms with Crippen LogP contribution in [-0.2, 0) is 6.18 Å². The molecule has 1 aromatic heterocycles. The first kappa shape index (κ1) is 12.4. The van der Waals surface area contributed by atoms with Gasteiger partial charge < -0.3 is 0 Å². The van der Waals surface area contributed by atoms with Crippen LogP contribution in [0.4, 0.5) is 13.2 Å².